The van der Waals surface area contributed by atoms with Crippen molar-refractivity contribution >= 4 is 0 Å². The Balaban J connectivity index is 3.19. The molecule has 0 nitrogen and oxygen atoms in total. The van der Waals surface area contributed by atoms with E-state index in [0.29, 0.717) is 0 Å². The average molecular weight is 521 g/mol. The van der Waals surface area contributed by atoms with Crippen LogP contribution in [-0.2, 0) is 0 Å². The van der Waals surface area contributed by atoms with Crippen molar-refractivity contribution < 1.29 is 0 Å². The van der Waals surface area contributed by atoms with Crippen LogP contribution in [0.1, 0.15) is 227 Å². The Labute approximate surface area is 238 Å². The van der Waals surface area contributed by atoms with Crippen LogP contribution in [0.5, 0.6) is 0 Å². The van der Waals surface area contributed by atoms with E-state index < -0.39 is 0 Å². The van der Waals surface area contributed by atoms with Gasteiger partial charge in [0.25, 0.3) is 0 Å². The van der Waals surface area contributed by atoms with Gasteiger partial charge in [-0.15, -0.1) is 0 Å². The second-order valence-corrected chi connectivity index (χ2v) is 13.2. The maximum Gasteiger partial charge on any atom is -0.0443 e. The summed E-state index contributed by atoms with van der Waals surface area (Å²) in [5, 5.41) is 0. The van der Waals surface area contributed by atoms with Crippen LogP contribution in [0.15, 0.2) is 0 Å². The monoisotopic (exact) mass is 521 g/mol. The maximum absolute atomic E-state index is 2.51. The van der Waals surface area contributed by atoms with Crippen molar-refractivity contribution in [2.45, 2.75) is 227 Å². The van der Waals surface area contributed by atoms with Crippen LogP contribution in [0.2, 0.25) is 0 Å². The molecule has 224 valence electrons. The standard InChI is InChI=1S/C37H76/c1-5-7-9-11-12-13-14-16-19-22-26-30-34-37(4)35-31-27-24-21-18-15-17-20-23-25-29-33-36(3)32-28-10-8-6-2/h36-37H,5-35H2,1-4H3. The SMILES string of the molecule is CCCCCCCCCCCCCCC(C)CCCCCCCCCCCCCC(C)CCCCCC. The van der Waals surface area contributed by atoms with Gasteiger partial charge in [0.1, 0.15) is 0 Å². The molecule has 0 fully saturated rings. The van der Waals surface area contributed by atoms with E-state index in [2.05, 4.69) is 27.7 Å². The van der Waals surface area contributed by atoms with Crippen molar-refractivity contribution in [1.82, 2.24) is 0 Å². The van der Waals surface area contributed by atoms with Crippen LogP contribution in [0.3, 0.4) is 0 Å². The molecule has 0 amide bonds. The van der Waals surface area contributed by atoms with Crippen LogP contribution < -0.4 is 0 Å². The summed E-state index contributed by atoms with van der Waals surface area (Å²) in [4.78, 5) is 0. The minimum absolute atomic E-state index is 0.965. The van der Waals surface area contributed by atoms with Gasteiger partial charge in [-0.1, -0.05) is 227 Å². The zero-order valence-corrected chi connectivity index (χ0v) is 27.1. The molecule has 0 bridgehead atoms. The molecule has 0 aliphatic rings. The third-order valence-electron chi connectivity index (χ3n) is 8.99. The van der Waals surface area contributed by atoms with Crippen molar-refractivity contribution in [3.8, 4) is 0 Å². The minimum atomic E-state index is 0.965. The summed E-state index contributed by atoms with van der Waals surface area (Å²) in [5.74, 6) is 1.93. The lowest BCUT2D eigenvalue weighted by atomic mass is 9.95. The molecule has 0 radical (unpaired) electrons. The molecule has 0 aromatic rings. The third kappa shape index (κ3) is 32.1. The van der Waals surface area contributed by atoms with Gasteiger partial charge in [0.15, 0.2) is 0 Å². The zero-order valence-electron chi connectivity index (χ0n) is 27.1. The van der Waals surface area contributed by atoms with Gasteiger partial charge in [0, 0.05) is 0 Å². The van der Waals surface area contributed by atoms with Gasteiger partial charge in [-0.3, -0.25) is 0 Å². The average Bonchev–Trinajstić information content (AvgIpc) is 2.90. The topological polar surface area (TPSA) is 0 Å². The normalized spacial score (nSPS) is 13.3. The number of hydrogen-bond acceptors (Lipinski definition) is 0. The van der Waals surface area contributed by atoms with Gasteiger partial charge in [-0.25, -0.2) is 0 Å². The summed E-state index contributed by atoms with van der Waals surface area (Å²) in [6, 6.07) is 0. The first-order valence-corrected chi connectivity index (χ1v) is 18.2. The predicted molar refractivity (Wildman–Crippen MR) is 173 cm³/mol. The Morgan fingerprint density at radius 3 is 0.622 bits per heavy atom. The Bertz CT molecular complexity index is 385. The Morgan fingerprint density at radius 1 is 0.243 bits per heavy atom. The summed E-state index contributed by atoms with van der Waals surface area (Å²) in [7, 11) is 0. The second-order valence-electron chi connectivity index (χ2n) is 13.2. The highest BCUT2D eigenvalue weighted by Gasteiger charge is 2.03. The lowest BCUT2D eigenvalue weighted by molar-refractivity contribution is 0.428. The Hall–Kier alpha value is 0. The van der Waals surface area contributed by atoms with E-state index >= 15 is 0 Å². The van der Waals surface area contributed by atoms with Crippen molar-refractivity contribution in [1.29, 1.82) is 0 Å². The van der Waals surface area contributed by atoms with E-state index in [4.69, 9.17) is 0 Å². The molecular formula is C37H76. The predicted octanol–water partition coefficient (Wildman–Crippen LogP) is 14.4. The fourth-order valence-electron chi connectivity index (χ4n) is 6.12. The third-order valence-corrected chi connectivity index (χ3v) is 8.99. The van der Waals surface area contributed by atoms with Gasteiger partial charge in [-0.05, 0) is 11.8 Å². The molecule has 37 heavy (non-hydrogen) atoms. The fourth-order valence-corrected chi connectivity index (χ4v) is 6.12. The zero-order chi connectivity index (χ0) is 27.1. The Kier molecular flexibility index (Phi) is 32.2. The summed E-state index contributed by atoms with van der Waals surface area (Å²) < 4.78 is 0. The fraction of sp³-hybridized carbons (Fsp3) is 1.00. The van der Waals surface area contributed by atoms with E-state index in [1.54, 1.807) is 0 Å². The molecule has 0 spiro atoms. The summed E-state index contributed by atoms with van der Waals surface area (Å²) >= 11 is 0. The summed E-state index contributed by atoms with van der Waals surface area (Å²) in [6.07, 6.45) is 45.6. The molecule has 0 aliphatic carbocycles. The van der Waals surface area contributed by atoms with E-state index in [1.807, 2.05) is 0 Å². The first kappa shape index (κ1) is 37.0. The molecule has 0 saturated heterocycles. The van der Waals surface area contributed by atoms with Crippen molar-refractivity contribution in [3.05, 3.63) is 0 Å². The van der Waals surface area contributed by atoms with Crippen LogP contribution >= 0.6 is 0 Å². The molecule has 0 rings (SSSR count). The first-order valence-electron chi connectivity index (χ1n) is 18.2. The highest BCUT2D eigenvalue weighted by atomic mass is 14.1. The molecule has 0 aromatic heterocycles. The molecule has 0 N–H and O–H groups in total. The van der Waals surface area contributed by atoms with E-state index in [-0.39, 0.29) is 0 Å². The molecular weight excluding hydrogens is 444 g/mol. The highest BCUT2D eigenvalue weighted by molar-refractivity contribution is 4.57. The first-order chi connectivity index (χ1) is 18.2. The quantitative estimate of drug-likeness (QED) is 0.0773. The highest BCUT2D eigenvalue weighted by Crippen LogP contribution is 2.20. The van der Waals surface area contributed by atoms with Gasteiger partial charge in [0.2, 0.25) is 0 Å². The number of rotatable bonds is 32. The molecule has 0 heterocycles. The van der Waals surface area contributed by atoms with E-state index in [0.717, 1.165) is 11.8 Å². The largest absolute Gasteiger partial charge is 0.0654 e. The summed E-state index contributed by atoms with van der Waals surface area (Å²) in [6.45, 7) is 9.61. The van der Waals surface area contributed by atoms with Gasteiger partial charge >= 0.3 is 0 Å². The van der Waals surface area contributed by atoms with Gasteiger partial charge < -0.3 is 0 Å². The van der Waals surface area contributed by atoms with Crippen molar-refractivity contribution in [2.75, 3.05) is 0 Å². The molecule has 0 aromatic carbocycles. The molecule has 0 aliphatic heterocycles. The van der Waals surface area contributed by atoms with Crippen LogP contribution in [0.25, 0.3) is 0 Å². The van der Waals surface area contributed by atoms with Crippen LogP contribution in [-0.4, -0.2) is 0 Å². The molecule has 2 atom stereocenters. The maximum atomic E-state index is 2.51. The van der Waals surface area contributed by atoms with Gasteiger partial charge in [-0.2, -0.15) is 0 Å². The Morgan fingerprint density at radius 2 is 0.405 bits per heavy atom. The lowest BCUT2D eigenvalue weighted by Gasteiger charge is -2.11. The van der Waals surface area contributed by atoms with Crippen LogP contribution in [0.4, 0.5) is 0 Å². The van der Waals surface area contributed by atoms with Crippen molar-refractivity contribution in [3.63, 3.8) is 0 Å². The van der Waals surface area contributed by atoms with E-state index in [1.165, 1.54) is 199 Å². The molecule has 2 unspecified atom stereocenters. The molecule has 0 heteroatoms. The summed E-state index contributed by atoms with van der Waals surface area (Å²) in [5.41, 5.74) is 0. The van der Waals surface area contributed by atoms with Crippen LogP contribution in [0, 0.1) is 11.8 Å². The van der Waals surface area contributed by atoms with Crippen molar-refractivity contribution in [2.24, 2.45) is 11.8 Å². The smallest absolute Gasteiger partial charge is 0.0443 e. The van der Waals surface area contributed by atoms with Gasteiger partial charge in [0.05, 0.1) is 0 Å². The number of unbranched alkanes of at least 4 members (excludes halogenated alkanes) is 24. The minimum Gasteiger partial charge on any atom is -0.0654 e. The second kappa shape index (κ2) is 32.2. The molecule has 0 saturated carbocycles. The lowest BCUT2D eigenvalue weighted by Crippen LogP contribution is -1.95. The number of hydrogen-bond donors (Lipinski definition) is 0. The van der Waals surface area contributed by atoms with E-state index in [9.17, 15) is 0 Å².